The summed E-state index contributed by atoms with van der Waals surface area (Å²) >= 11 is 0. The number of piperidine rings is 1. The summed E-state index contributed by atoms with van der Waals surface area (Å²) in [6.07, 6.45) is -1.76. The number of nitrogens with zero attached hydrogens (tertiary/aromatic N) is 2. The minimum absolute atomic E-state index is 0.0965. The Balaban J connectivity index is 2.45. The number of alkyl halides is 3. The molecule has 0 unspecified atom stereocenters. The molecule has 0 amide bonds. The molecule has 0 aliphatic carbocycles. The number of rotatable bonds is 2. The van der Waals surface area contributed by atoms with Gasteiger partial charge in [0.1, 0.15) is 5.69 Å². The highest BCUT2D eigenvalue weighted by molar-refractivity contribution is 5.65. The van der Waals surface area contributed by atoms with Crippen molar-refractivity contribution in [2.75, 3.05) is 11.4 Å². The minimum Gasteiger partial charge on any atom is -0.363 e. The summed E-state index contributed by atoms with van der Waals surface area (Å²) in [6.45, 7) is 2.56. The maximum Gasteiger partial charge on any atom is 0.416 e. The van der Waals surface area contributed by atoms with Gasteiger partial charge in [-0.25, -0.2) is 0 Å². The average Bonchev–Trinajstić information content (AvgIpc) is 2.37. The SMILES string of the molecule is C[C@@H]1CCCCN1c1ccc(C(F)(F)F)cc1[N+](=O)[O-]. The molecule has 0 aromatic heterocycles. The largest absolute Gasteiger partial charge is 0.416 e. The highest BCUT2D eigenvalue weighted by Crippen LogP contribution is 2.38. The third-order valence-electron chi connectivity index (χ3n) is 3.61. The molecule has 2 rings (SSSR count). The monoisotopic (exact) mass is 288 g/mol. The molecule has 4 nitrogen and oxygen atoms in total. The summed E-state index contributed by atoms with van der Waals surface area (Å²) in [4.78, 5) is 12.1. The summed E-state index contributed by atoms with van der Waals surface area (Å²) in [6, 6.07) is 2.84. The van der Waals surface area contributed by atoms with Gasteiger partial charge in [-0.15, -0.1) is 0 Å². The number of halogens is 3. The van der Waals surface area contributed by atoms with Gasteiger partial charge >= 0.3 is 6.18 Å². The van der Waals surface area contributed by atoms with Crippen molar-refractivity contribution < 1.29 is 18.1 Å². The molecule has 1 saturated heterocycles. The zero-order valence-corrected chi connectivity index (χ0v) is 11.0. The van der Waals surface area contributed by atoms with Gasteiger partial charge in [-0.1, -0.05) is 0 Å². The second-order valence-corrected chi connectivity index (χ2v) is 5.00. The molecule has 0 saturated carbocycles. The topological polar surface area (TPSA) is 46.4 Å². The van der Waals surface area contributed by atoms with Crippen LogP contribution < -0.4 is 4.90 Å². The third kappa shape index (κ3) is 2.86. The first-order valence-corrected chi connectivity index (χ1v) is 6.43. The molecule has 110 valence electrons. The van der Waals surface area contributed by atoms with E-state index in [0.29, 0.717) is 12.6 Å². The minimum atomic E-state index is -4.57. The molecular weight excluding hydrogens is 273 g/mol. The molecule has 1 aromatic carbocycles. The smallest absolute Gasteiger partial charge is 0.363 e. The Morgan fingerprint density at radius 3 is 2.60 bits per heavy atom. The lowest BCUT2D eigenvalue weighted by Crippen LogP contribution is -2.37. The second kappa shape index (κ2) is 5.30. The first-order valence-electron chi connectivity index (χ1n) is 6.43. The zero-order valence-electron chi connectivity index (χ0n) is 11.0. The Kier molecular flexibility index (Phi) is 3.87. The number of benzene rings is 1. The lowest BCUT2D eigenvalue weighted by atomic mass is 10.0. The molecule has 1 fully saturated rings. The van der Waals surface area contributed by atoms with Crippen LogP contribution in [0.3, 0.4) is 0 Å². The number of anilines is 1. The number of nitro benzene ring substituents is 1. The van der Waals surface area contributed by atoms with E-state index < -0.39 is 22.4 Å². The van der Waals surface area contributed by atoms with Gasteiger partial charge in [0.25, 0.3) is 5.69 Å². The molecule has 1 aliphatic rings. The molecule has 0 radical (unpaired) electrons. The van der Waals surface area contributed by atoms with E-state index in [2.05, 4.69) is 0 Å². The first kappa shape index (κ1) is 14.6. The van der Waals surface area contributed by atoms with Crippen LogP contribution in [0.2, 0.25) is 0 Å². The van der Waals surface area contributed by atoms with Crippen LogP contribution in [-0.4, -0.2) is 17.5 Å². The molecule has 0 N–H and O–H groups in total. The lowest BCUT2D eigenvalue weighted by molar-refractivity contribution is -0.384. The van der Waals surface area contributed by atoms with Crippen LogP contribution in [0.4, 0.5) is 24.5 Å². The second-order valence-electron chi connectivity index (χ2n) is 5.00. The predicted molar refractivity (Wildman–Crippen MR) is 68.8 cm³/mol. The van der Waals surface area contributed by atoms with Crippen LogP contribution in [0.25, 0.3) is 0 Å². The fourth-order valence-corrected chi connectivity index (χ4v) is 2.54. The van der Waals surface area contributed by atoms with Gasteiger partial charge in [0.15, 0.2) is 0 Å². The van der Waals surface area contributed by atoms with Crippen molar-refractivity contribution >= 4 is 11.4 Å². The van der Waals surface area contributed by atoms with Gasteiger partial charge in [0, 0.05) is 18.7 Å². The summed E-state index contributed by atoms with van der Waals surface area (Å²) < 4.78 is 37.9. The van der Waals surface area contributed by atoms with E-state index in [1.165, 1.54) is 6.07 Å². The number of hydrogen-bond acceptors (Lipinski definition) is 3. The van der Waals surface area contributed by atoms with E-state index >= 15 is 0 Å². The van der Waals surface area contributed by atoms with E-state index in [1.54, 1.807) is 0 Å². The number of nitro groups is 1. The Labute approximate surface area is 114 Å². The van der Waals surface area contributed by atoms with Crippen LogP contribution in [0, 0.1) is 10.1 Å². The molecule has 1 aromatic rings. The van der Waals surface area contributed by atoms with Crippen molar-refractivity contribution in [3.8, 4) is 0 Å². The van der Waals surface area contributed by atoms with Gasteiger partial charge in [-0.05, 0) is 38.3 Å². The van der Waals surface area contributed by atoms with E-state index in [9.17, 15) is 23.3 Å². The van der Waals surface area contributed by atoms with Crippen LogP contribution in [-0.2, 0) is 6.18 Å². The standard InChI is InChI=1S/C13H15F3N2O2/c1-9-4-2-3-7-17(9)11-6-5-10(13(14,15)16)8-12(11)18(19)20/h5-6,8-9H,2-4,7H2,1H3/t9-/m1/s1. The maximum absolute atomic E-state index is 12.6. The number of hydrogen-bond donors (Lipinski definition) is 0. The normalized spacial score (nSPS) is 20.0. The van der Waals surface area contributed by atoms with Crippen molar-refractivity contribution in [2.45, 2.75) is 38.4 Å². The van der Waals surface area contributed by atoms with Crippen molar-refractivity contribution in [1.29, 1.82) is 0 Å². The molecule has 1 heterocycles. The van der Waals surface area contributed by atoms with Crippen molar-refractivity contribution in [2.24, 2.45) is 0 Å². The summed E-state index contributed by atoms with van der Waals surface area (Å²) in [5.74, 6) is 0. The van der Waals surface area contributed by atoms with Crippen LogP contribution in [0.1, 0.15) is 31.7 Å². The molecule has 1 atom stereocenters. The summed E-state index contributed by atoms with van der Waals surface area (Å²) in [5, 5.41) is 11.1. The molecule has 20 heavy (non-hydrogen) atoms. The fourth-order valence-electron chi connectivity index (χ4n) is 2.54. The Hall–Kier alpha value is -1.79. The van der Waals surface area contributed by atoms with Gasteiger partial charge in [-0.2, -0.15) is 13.2 Å². The Morgan fingerprint density at radius 2 is 2.05 bits per heavy atom. The van der Waals surface area contributed by atoms with Crippen LogP contribution >= 0.6 is 0 Å². The lowest BCUT2D eigenvalue weighted by Gasteiger charge is -2.35. The molecule has 1 aliphatic heterocycles. The first-order chi connectivity index (χ1) is 9.30. The Bertz CT molecular complexity index is 517. The van der Waals surface area contributed by atoms with E-state index in [-0.39, 0.29) is 11.7 Å². The van der Waals surface area contributed by atoms with Gasteiger partial charge < -0.3 is 4.90 Å². The summed E-state index contributed by atoms with van der Waals surface area (Å²) in [5.41, 5.74) is -1.19. The molecule has 7 heteroatoms. The van der Waals surface area contributed by atoms with Crippen molar-refractivity contribution in [3.05, 3.63) is 33.9 Å². The van der Waals surface area contributed by atoms with Gasteiger partial charge in [0.2, 0.25) is 0 Å². The zero-order chi connectivity index (χ0) is 14.9. The van der Waals surface area contributed by atoms with Crippen LogP contribution in [0.15, 0.2) is 18.2 Å². The predicted octanol–water partition coefficient (Wildman–Crippen LogP) is 3.99. The van der Waals surface area contributed by atoms with Crippen molar-refractivity contribution in [3.63, 3.8) is 0 Å². The maximum atomic E-state index is 12.6. The average molecular weight is 288 g/mol. The van der Waals surface area contributed by atoms with Gasteiger partial charge in [-0.3, -0.25) is 10.1 Å². The molecule has 0 bridgehead atoms. The van der Waals surface area contributed by atoms with E-state index in [1.807, 2.05) is 11.8 Å². The summed E-state index contributed by atoms with van der Waals surface area (Å²) in [7, 11) is 0. The van der Waals surface area contributed by atoms with Crippen molar-refractivity contribution in [1.82, 2.24) is 0 Å². The third-order valence-corrected chi connectivity index (χ3v) is 3.61. The van der Waals surface area contributed by atoms with E-state index in [4.69, 9.17) is 0 Å². The molecular formula is C13H15F3N2O2. The highest BCUT2D eigenvalue weighted by atomic mass is 19.4. The quantitative estimate of drug-likeness (QED) is 0.610. The fraction of sp³-hybridized carbons (Fsp3) is 0.538. The Morgan fingerprint density at radius 1 is 1.35 bits per heavy atom. The van der Waals surface area contributed by atoms with Gasteiger partial charge in [0.05, 0.1) is 10.5 Å². The molecule has 0 spiro atoms. The van der Waals surface area contributed by atoms with Crippen LogP contribution in [0.5, 0.6) is 0 Å². The van der Waals surface area contributed by atoms with E-state index in [0.717, 1.165) is 25.3 Å². The highest BCUT2D eigenvalue weighted by Gasteiger charge is 2.34.